The van der Waals surface area contributed by atoms with Crippen molar-refractivity contribution < 1.29 is 28.9 Å². The number of hydrogen-bond acceptors (Lipinski definition) is 7. The maximum Gasteiger partial charge on any atom is 0.319 e. The molecule has 184 valence electrons. The molecule has 2 aliphatic rings. The number of nitrogens with zero attached hydrogens (tertiary/aromatic N) is 2. The summed E-state index contributed by atoms with van der Waals surface area (Å²) in [5.41, 5.74) is 1.54. The molecule has 2 amide bonds. The standard InChI is InChI=1S/C24H31FN4O5/c1-33-19-4-2-3-17(13-19)27-24(32)26-14-20-22(23(31)21(15-30)34-20)29-11-9-28(10-12-29)18-7-5-16(25)6-8-18/h2-8,13,20-23,30-31H,9-12,14-15H2,1H3,(H2,26,27,32)/t20-,21+,22+,23-/m1/s1. The third-order valence-corrected chi connectivity index (χ3v) is 6.36. The lowest BCUT2D eigenvalue weighted by Gasteiger charge is -2.41. The molecule has 0 aliphatic carbocycles. The van der Waals surface area contributed by atoms with Crippen molar-refractivity contribution in [3.05, 3.63) is 54.3 Å². The number of halogens is 1. The molecule has 0 bridgehead atoms. The lowest BCUT2D eigenvalue weighted by Crippen LogP contribution is -2.57. The number of methoxy groups -OCH3 is 1. The van der Waals surface area contributed by atoms with E-state index in [4.69, 9.17) is 9.47 Å². The number of hydrogen-bond donors (Lipinski definition) is 4. The first kappa shape index (κ1) is 24.2. The van der Waals surface area contributed by atoms with Gasteiger partial charge in [-0.15, -0.1) is 0 Å². The molecule has 2 fully saturated rings. The Hall–Kier alpha value is -2.92. The van der Waals surface area contributed by atoms with Crippen LogP contribution in [-0.2, 0) is 4.74 Å². The Bertz CT molecular complexity index is 955. The number of amides is 2. The van der Waals surface area contributed by atoms with Gasteiger partial charge in [0, 0.05) is 50.2 Å². The maximum absolute atomic E-state index is 13.2. The quantitative estimate of drug-likeness (QED) is 0.479. The lowest BCUT2D eigenvalue weighted by atomic mass is 10.0. The first-order valence-corrected chi connectivity index (χ1v) is 11.4. The molecule has 4 atom stereocenters. The summed E-state index contributed by atoms with van der Waals surface area (Å²) in [6.07, 6.45) is -2.08. The molecule has 0 unspecified atom stereocenters. The predicted molar refractivity (Wildman–Crippen MR) is 126 cm³/mol. The van der Waals surface area contributed by atoms with E-state index < -0.39 is 24.3 Å². The summed E-state index contributed by atoms with van der Waals surface area (Å²) in [7, 11) is 1.55. The molecule has 2 aliphatic heterocycles. The molecule has 2 aromatic rings. The molecule has 4 N–H and O–H groups in total. The average Bonchev–Trinajstić information content (AvgIpc) is 3.18. The highest BCUT2D eigenvalue weighted by Gasteiger charge is 2.46. The number of aliphatic hydroxyl groups excluding tert-OH is 2. The number of benzene rings is 2. The van der Waals surface area contributed by atoms with Crippen molar-refractivity contribution in [2.24, 2.45) is 0 Å². The summed E-state index contributed by atoms with van der Waals surface area (Å²) in [5.74, 6) is 0.361. The van der Waals surface area contributed by atoms with E-state index in [-0.39, 0.29) is 25.0 Å². The van der Waals surface area contributed by atoms with Gasteiger partial charge in [-0.25, -0.2) is 9.18 Å². The van der Waals surface area contributed by atoms with Crippen LogP contribution in [0.1, 0.15) is 0 Å². The fraction of sp³-hybridized carbons (Fsp3) is 0.458. The SMILES string of the molecule is COc1cccc(NC(=O)NC[C@H]2O[C@@H](CO)[C@@H](O)[C@H]2N2CCN(c3ccc(F)cc3)CC2)c1. The van der Waals surface area contributed by atoms with E-state index in [0.29, 0.717) is 37.6 Å². The fourth-order valence-corrected chi connectivity index (χ4v) is 4.60. The summed E-state index contributed by atoms with van der Waals surface area (Å²) in [5, 5.41) is 26.0. The molecule has 34 heavy (non-hydrogen) atoms. The minimum atomic E-state index is -0.879. The van der Waals surface area contributed by atoms with E-state index in [2.05, 4.69) is 20.4 Å². The fourth-order valence-electron chi connectivity index (χ4n) is 4.60. The number of aliphatic hydroxyl groups is 2. The van der Waals surface area contributed by atoms with Crippen LogP contribution in [0.25, 0.3) is 0 Å². The number of carbonyl (C=O) groups excluding carboxylic acids is 1. The van der Waals surface area contributed by atoms with Crippen LogP contribution < -0.4 is 20.3 Å². The number of carbonyl (C=O) groups is 1. The molecule has 0 aromatic heterocycles. The van der Waals surface area contributed by atoms with Gasteiger partial charge < -0.3 is 35.2 Å². The first-order valence-electron chi connectivity index (χ1n) is 11.4. The Balaban J connectivity index is 1.34. The summed E-state index contributed by atoms with van der Waals surface area (Å²) in [6.45, 7) is 2.59. The Morgan fingerprint density at radius 1 is 1.15 bits per heavy atom. The van der Waals surface area contributed by atoms with E-state index in [1.807, 2.05) is 0 Å². The van der Waals surface area contributed by atoms with Crippen molar-refractivity contribution in [3.63, 3.8) is 0 Å². The van der Waals surface area contributed by atoms with Crippen molar-refractivity contribution in [3.8, 4) is 5.75 Å². The third kappa shape index (κ3) is 5.58. The summed E-state index contributed by atoms with van der Waals surface area (Å²) >= 11 is 0. The van der Waals surface area contributed by atoms with Crippen molar-refractivity contribution >= 4 is 17.4 Å². The summed E-state index contributed by atoms with van der Waals surface area (Å²) in [4.78, 5) is 16.7. The second-order valence-corrected chi connectivity index (χ2v) is 8.44. The minimum absolute atomic E-state index is 0.173. The molecular formula is C24H31FN4O5. The van der Waals surface area contributed by atoms with Gasteiger partial charge in [0.2, 0.25) is 0 Å². The van der Waals surface area contributed by atoms with E-state index in [1.165, 1.54) is 12.1 Å². The van der Waals surface area contributed by atoms with Crippen LogP contribution in [-0.4, -0.2) is 91.9 Å². The molecule has 9 nitrogen and oxygen atoms in total. The van der Waals surface area contributed by atoms with E-state index >= 15 is 0 Å². The van der Waals surface area contributed by atoms with Gasteiger partial charge in [0.1, 0.15) is 23.8 Å². The van der Waals surface area contributed by atoms with Crippen LogP contribution >= 0.6 is 0 Å². The van der Waals surface area contributed by atoms with Crippen molar-refractivity contribution in [2.75, 3.05) is 56.7 Å². The number of nitrogens with one attached hydrogen (secondary N) is 2. The van der Waals surface area contributed by atoms with Crippen LogP contribution in [0, 0.1) is 5.82 Å². The number of ether oxygens (including phenoxy) is 2. The number of rotatable bonds is 7. The topological polar surface area (TPSA) is 107 Å². The Labute approximate surface area is 198 Å². The van der Waals surface area contributed by atoms with Crippen LogP contribution in [0.15, 0.2) is 48.5 Å². The zero-order chi connectivity index (χ0) is 24.1. The highest BCUT2D eigenvalue weighted by atomic mass is 19.1. The molecule has 0 saturated carbocycles. The van der Waals surface area contributed by atoms with Gasteiger partial charge in [-0.05, 0) is 36.4 Å². The Kier molecular flexibility index (Phi) is 7.84. The second kappa shape index (κ2) is 11.0. The van der Waals surface area contributed by atoms with Gasteiger partial charge in [0.05, 0.1) is 25.9 Å². The van der Waals surface area contributed by atoms with Crippen LogP contribution in [0.2, 0.25) is 0 Å². The normalized spacial score (nSPS) is 25.2. The zero-order valence-corrected chi connectivity index (χ0v) is 19.1. The zero-order valence-electron chi connectivity index (χ0n) is 19.1. The van der Waals surface area contributed by atoms with Gasteiger partial charge in [0.25, 0.3) is 0 Å². The van der Waals surface area contributed by atoms with Crippen molar-refractivity contribution in [2.45, 2.75) is 24.4 Å². The number of urea groups is 1. The highest BCUT2D eigenvalue weighted by molar-refractivity contribution is 5.89. The molecular weight excluding hydrogens is 443 g/mol. The summed E-state index contributed by atoms with van der Waals surface area (Å²) in [6, 6.07) is 12.7. The lowest BCUT2D eigenvalue weighted by molar-refractivity contribution is -0.0205. The third-order valence-electron chi connectivity index (χ3n) is 6.36. The maximum atomic E-state index is 13.2. The highest BCUT2D eigenvalue weighted by Crippen LogP contribution is 2.28. The van der Waals surface area contributed by atoms with E-state index in [0.717, 1.165) is 5.69 Å². The number of piperazine rings is 1. The van der Waals surface area contributed by atoms with E-state index in [9.17, 15) is 19.4 Å². The van der Waals surface area contributed by atoms with E-state index in [1.54, 1.807) is 43.5 Å². The average molecular weight is 475 g/mol. The van der Waals surface area contributed by atoms with Crippen LogP contribution in [0.3, 0.4) is 0 Å². The van der Waals surface area contributed by atoms with Gasteiger partial charge in [-0.2, -0.15) is 0 Å². The van der Waals surface area contributed by atoms with Crippen LogP contribution in [0.5, 0.6) is 5.75 Å². The molecule has 2 saturated heterocycles. The largest absolute Gasteiger partial charge is 0.497 e. The minimum Gasteiger partial charge on any atom is -0.497 e. The second-order valence-electron chi connectivity index (χ2n) is 8.44. The van der Waals surface area contributed by atoms with Gasteiger partial charge in [-0.1, -0.05) is 6.07 Å². The Morgan fingerprint density at radius 3 is 2.56 bits per heavy atom. The van der Waals surface area contributed by atoms with Gasteiger partial charge in [0.15, 0.2) is 0 Å². The van der Waals surface area contributed by atoms with Gasteiger partial charge >= 0.3 is 6.03 Å². The monoisotopic (exact) mass is 474 g/mol. The molecule has 2 aromatic carbocycles. The van der Waals surface area contributed by atoms with Crippen molar-refractivity contribution in [1.29, 1.82) is 0 Å². The molecule has 4 rings (SSSR count). The Morgan fingerprint density at radius 2 is 1.88 bits per heavy atom. The summed E-state index contributed by atoms with van der Waals surface area (Å²) < 4.78 is 24.3. The molecule has 10 heteroatoms. The van der Waals surface area contributed by atoms with Crippen molar-refractivity contribution in [1.82, 2.24) is 10.2 Å². The first-order chi connectivity index (χ1) is 16.5. The van der Waals surface area contributed by atoms with Gasteiger partial charge in [-0.3, -0.25) is 4.90 Å². The smallest absolute Gasteiger partial charge is 0.319 e. The predicted octanol–water partition coefficient (Wildman–Crippen LogP) is 1.27. The van der Waals surface area contributed by atoms with Crippen LogP contribution in [0.4, 0.5) is 20.6 Å². The molecule has 2 heterocycles. The molecule has 0 radical (unpaired) electrons. The molecule has 0 spiro atoms. The number of anilines is 2.